The van der Waals surface area contributed by atoms with Crippen LogP contribution in [0, 0.1) is 5.92 Å². The Labute approximate surface area is 165 Å². The van der Waals surface area contributed by atoms with Crippen molar-refractivity contribution in [2.24, 2.45) is 5.92 Å². The summed E-state index contributed by atoms with van der Waals surface area (Å²) in [4.78, 5) is 29.7. The molecule has 0 bridgehead atoms. The van der Waals surface area contributed by atoms with E-state index >= 15 is 0 Å². The van der Waals surface area contributed by atoms with E-state index in [1.54, 1.807) is 23.0 Å². The van der Waals surface area contributed by atoms with E-state index in [2.05, 4.69) is 15.4 Å². The smallest absolute Gasteiger partial charge is 0.226 e. The van der Waals surface area contributed by atoms with Crippen LogP contribution in [0.1, 0.15) is 29.1 Å². The summed E-state index contributed by atoms with van der Waals surface area (Å²) in [7, 11) is 0. The molecule has 0 aliphatic rings. The molecule has 0 fully saturated rings. The first-order valence-electron chi connectivity index (χ1n) is 8.87. The molecule has 3 aromatic heterocycles. The molecule has 0 aliphatic heterocycles. The Balaban J connectivity index is 1.74. The van der Waals surface area contributed by atoms with Crippen LogP contribution in [0.3, 0.4) is 0 Å². The van der Waals surface area contributed by atoms with Crippen LogP contribution in [0.5, 0.6) is 0 Å². The lowest BCUT2D eigenvalue weighted by atomic mass is 10.1. The molecule has 1 N–H and O–H groups in total. The standard InChI is InChI=1S/C21H18N4O2S/c1-13(2)21(27)24-15-6-3-5-14(11-15)17-8-9-22-20-16(12-23-25(17)20)19(26)18-7-4-10-28-18/h3-13H,1-2H3,(H,24,27). The Morgan fingerprint density at radius 3 is 2.75 bits per heavy atom. The number of rotatable bonds is 5. The van der Waals surface area contributed by atoms with E-state index in [1.807, 2.05) is 55.6 Å². The van der Waals surface area contributed by atoms with Gasteiger partial charge in [0.1, 0.15) is 0 Å². The van der Waals surface area contributed by atoms with Crippen molar-refractivity contribution in [3.05, 3.63) is 70.7 Å². The van der Waals surface area contributed by atoms with Gasteiger partial charge >= 0.3 is 0 Å². The summed E-state index contributed by atoms with van der Waals surface area (Å²) in [5, 5.41) is 9.17. The van der Waals surface area contributed by atoms with Gasteiger partial charge in [0.15, 0.2) is 5.65 Å². The summed E-state index contributed by atoms with van der Waals surface area (Å²) in [6, 6.07) is 13.0. The molecule has 0 radical (unpaired) electrons. The van der Waals surface area contributed by atoms with E-state index in [4.69, 9.17) is 0 Å². The number of aromatic nitrogens is 3. The van der Waals surface area contributed by atoms with Gasteiger partial charge in [0, 0.05) is 23.4 Å². The van der Waals surface area contributed by atoms with Crippen LogP contribution in [0.15, 0.2) is 60.2 Å². The molecule has 0 saturated heterocycles. The number of nitrogens with zero attached hydrogens (tertiary/aromatic N) is 3. The van der Waals surface area contributed by atoms with E-state index in [0.717, 1.165) is 11.3 Å². The third-order valence-electron chi connectivity index (χ3n) is 4.34. The zero-order valence-corrected chi connectivity index (χ0v) is 16.2. The second-order valence-corrected chi connectivity index (χ2v) is 7.60. The monoisotopic (exact) mass is 390 g/mol. The number of thiophene rings is 1. The molecule has 0 saturated carbocycles. The summed E-state index contributed by atoms with van der Waals surface area (Å²) < 4.78 is 1.66. The molecule has 0 unspecified atom stereocenters. The molecule has 1 aromatic carbocycles. The largest absolute Gasteiger partial charge is 0.326 e. The highest BCUT2D eigenvalue weighted by Crippen LogP contribution is 2.25. The number of carbonyl (C=O) groups is 2. The van der Waals surface area contributed by atoms with Crippen molar-refractivity contribution in [3.8, 4) is 11.3 Å². The normalized spacial score (nSPS) is 11.1. The first-order valence-corrected chi connectivity index (χ1v) is 9.75. The maximum atomic E-state index is 12.7. The SMILES string of the molecule is CC(C)C(=O)Nc1cccc(-c2ccnc3c(C(=O)c4cccs4)cnn23)c1. The van der Waals surface area contributed by atoms with Gasteiger partial charge in [-0.05, 0) is 29.6 Å². The van der Waals surface area contributed by atoms with Crippen LogP contribution in [0.2, 0.25) is 0 Å². The molecule has 28 heavy (non-hydrogen) atoms. The number of ketones is 1. The van der Waals surface area contributed by atoms with Crippen LogP contribution in [-0.4, -0.2) is 26.3 Å². The number of fused-ring (bicyclic) bond motifs is 1. The van der Waals surface area contributed by atoms with Gasteiger partial charge in [-0.2, -0.15) is 5.10 Å². The Morgan fingerprint density at radius 1 is 1.14 bits per heavy atom. The van der Waals surface area contributed by atoms with Gasteiger partial charge in [-0.15, -0.1) is 11.3 Å². The van der Waals surface area contributed by atoms with Crippen LogP contribution in [0.25, 0.3) is 16.9 Å². The second kappa shape index (κ2) is 7.36. The molecule has 0 spiro atoms. The third-order valence-corrected chi connectivity index (χ3v) is 5.21. The van der Waals surface area contributed by atoms with Crippen molar-refractivity contribution in [3.63, 3.8) is 0 Å². The van der Waals surface area contributed by atoms with Gasteiger partial charge in [0.2, 0.25) is 11.7 Å². The summed E-state index contributed by atoms with van der Waals surface area (Å²) in [6.07, 6.45) is 3.22. The zero-order chi connectivity index (χ0) is 19.7. The van der Waals surface area contributed by atoms with Crippen molar-refractivity contribution in [1.82, 2.24) is 14.6 Å². The molecule has 140 valence electrons. The molecule has 4 aromatic rings. The molecular formula is C21H18N4O2S. The number of benzene rings is 1. The van der Waals surface area contributed by atoms with Crippen molar-refractivity contribution >= 4 is 34.4 Å². The van der Waals surface area contributed by atoms with Crippen molar-refractivity contribution in [1.29, 1.82) is 0 Å². The van der Waals surface area contributed by atoms with Crippen LogP contribution in [-0.2, 0) is 4.79 Å². The number of carbonyl (C=O) groups excluding carboxylic acids is 2. The van der Waals surface area contributed by atoms with Crippen LogP contribution < -0.4 is 5.32 Å². The minimum absolute atomic E-state index is 0.0417. The Hall–Kier alpha value is -3.32. The summed E-state index contributed by atoms with van der Waals surface area (Å²) in [6.45, 7) is 3.70. The van der Waals surface area contributed by atoms with Crippen LogP contribution in [0.4, 0.5) is 5.69 Å². The first-order chi connectivity index (χ1) is 13.5. The Morgan fingerprint density at radius 2 is 2.00 bits per heavy atom. The quantitative estimate of drug-likeness (QED) is 0.516. The van der Waals surface area contributed by atoms with Gasteiger partial charge in [0.25, 0.3) is 0 Å². The summed E-state index contributed by atoms with van der Waals surface area (Å²) >= 11 is 1.39. The minimum Gasteiger partial charge on any atom is -0.326 e. The van der Waals surface area contributed by atoms with Gasteiger partial charge in [0.05, 0.1) is 22.3 Å². The van der Waals surface area contributed by atoms with E-state index < -0.39 is 0 Å². The molecule has 4 rings (SSSR count). The van der Waals surface area contributed by atoms with E-state index in [9.17, 15) is 9.59 Å². The van der Waals surface area contributed by atoms with E-state index in [1.165, 1.54) is 11.3 Å². The third kappa shape index (κ3) is 3.32. The molecule has 7 heteroatoms. The Bertz CT molecular complexity index is 1160. The second-order valence-electron chi connectivity index (χ2n) is 6.65. The topological polar surface area (TPSA) is 76.4 Å². The lowest BCUT2D eigenvalue weighted by Gasteiger charge is -2.10. The van der Waals surface area contributed by atoms with Crippen molar-refractivity contribution in [2.45, 2.75) is 13.8 Å². The highest BCUT2D eigenvalue weighted by Gasteiger charge is 2.18. The van der Waals surface area contributed by atoms with E-state index in [0.29, 0.717) is 21.8 Å². The van der Waals surface area contributed by atoms with E-state index in [-0.39, 0.29) is 17.6 Å². The average molecular weight is 390 g/mol. The lowest BCUT2D eigenvalue weighted by molar-refractivity contribution is -0.118. The number of hydrogen-bond donors (Lipinski definition) is 1. The number of anilines is 1. The summed E-state index contributed by atoms with van der Waals surface area (Å²) in [5.41, 5.74) is 3.34. The maximum Gasteiger partial charge on any atom is 0.226 e. The maximum absolute atomic E-state index is 12.7. The fraction of sp³-hybridized carbons (Fsp3) is 0.143. The summed E-state index contributed by atoms with van der Waals surface area (Å²) in [5.74, 6) is -0.235. The van der Waals surface area contributed by atoms with Gasteiger partial charge in [-0.25, -0.2) is 9.50 Å². The number of nitrogens with one attached hydrogen (secondary N) is 1. The van der Waals surface area contributed by atoms with Gasteiger partial charge in [-0.1, -0.05) is 32.0 Å². The first kappa shape index (κ1) is 18.1. The van der Waals surface area contributed by atoms with Gasteiger partial charge in [-0.3, -0.25) is 9.59 Å². The molecule has 6 nitrogen and oxygen atoms in total. The molecule has 1 amide bonds. The molecule has 3 heterocycles. The molecule has 0 aliphatic carbocycles. The fourth-order valence-corrected chi connectivity index (χ4v) is 3.53. The number of amides is 1. The molecule has 0 atom stereocenters. The average Bonchev–Trinajstić information content (AvgIpc) is 3.37. The zero-order valence-electron chi connectivity index (χ0n) is 15.4. The highest BCUT2D eigenvalue weighted by atomic mass is 32.1. The highest BCUT2D eigenvalue weighted by molar-refractivity contribution is 7.12. The fourth-order valence-electron chi connectivity index (χ4n) is 2.85. The minimum atomic E-state index is -0.103. The van der Waals surface area contributed by atoms with Crippen molar-refractivity contribution < 1.29 is 9.59 Å². The number of hydrogen-bond acceptors (Lipinski definition) is 5. The van der Waals surface area contributed by atoms with Crippen molar-refractivity contribution in [2.75, 3.05) is 5.32 Å². The predicted octanol–water partition coefficient (Wildman–Crippen LogP) is 4.28. The Kier molecular flexibility index (Phi) is 4.75. The predicted molar refractivity (Wildman–Crippen MR) is 110 cm³/mol. The van der Waals surface area contributed by atoms with Gasteiger partial charge < -0.3 is 5.32 Å². The lowest BCUT2D eigenvalue weighted by Crippen LogP contribution is -2.17. The van der Waals surface area contributed by atoms with Crippen LogP contribution >= 0.6 is 11.3 Å². The molecular weight excluding hydrogens is 372 g/mol.